The molecule has 2 bridgehead atoms. The molecule has 3 aliphatic carbocycles. The van der Waals surface area contributed by atoms with Crippen molar-refractivity contribution in [3.63, 3.8) is 0 Å². The van der Waals surface area contributed by atoms with Crippen LogP contribution in [0, 0.1) is 29.5 Å². The van der Waals surface area contributed by atoms with E-state index >= 15 is 0 Å². The van der Waals surface area contributed by atoms with E-state index in [1.807, 2.05) is 6.07 Å². The van der Waals surface area contributed by atoms with Crippen LogP contribution in [0.25, 0.3) is 5.69 Å². The Morgan fingerprint density at radius 2 is 2.04 bits per heavy atom. The number of primary amides is 1. The van der Waals surface area contributed by atoms with Gasteiger partial charge in [0.05, 0.1) is 12.1 Å². The Bertz CT molecular complexity index is 816. The van der Waals surface area contributed by atoms with Crippen LogP contribution in [0.2, 0.25) is 0 Å². The van der Waals surface area contributed by atoms with E-state index in [0.717, 1.165) is 17.7 Å². The standard InChI is InChI=1S/C18H19FN4O/c19-11-2-1-3-12(7-11)23-18(21-14(22-23)8-13(20)24)17-15-9-4-5-10(6-9)16(15)17/h1-3,7,9-10,15-17H,4-6,8H2,(H2,20,24)/t9-,10+,15+,16-,17?. The summed E-state index contributed by atoms with van der Waals surface area (Å²) in [6, 6.07) is 6.36. The molecule has 2 N–H and O–H groups in total. The van der Waals surface area contributed by atoms with Crippen LogP contribution in [0.15, 0.2) is 24.3 Å². The molecule has 5 nitrogen and oxygen atoms in total. The Hall–Kier alpha value is -2.24. The number of carbonyl (C=O) groups is 1. The number of hydrogen-bond acceptors (Lipinski definition) is 3. The molecule has 1 unspecified atom stereocenters. The molecule has 0 saturated heterocycles. The molecule has 5 rings (SSSR count). The zero-order valence-electron chi connectivity index (χ0n) is 13.2. The lowest BCUT2D eigenvalue weighted by Gasteiger charge is -2.10. The fraction of sp³-hybridized carbons (Fsp3) is 0.500. The van der Waals surface area contributed by atoms with Gasteiger partial charge in [-0.1, -0.05) is 6.07 Å². The summed E-state index contributed by atoms with van der Waals surface area (Å²) in [7, 11) is 0. The maximum absolute atomic E-state index is 13.6. The van der Waals surface area contributed by atoms with E-state index in [9.17, 15) is 9.18 Å². The molecule has 3 aliphatic rings. The predicted octanol–water partition coefficient (Wildman–Crippen LogP) is 2.19. The van der Waals surface area contributed by atoms with Gasteiger partial charge in [0.25, 0.3) is 0 Å². The van der Waals surface area contributed by atoms with Crippen molar-refractivity contribution in [3.05, 3.63) is 41.7 Å². The molecule has 3 saturated carbocycles. The average molecular weight is 326 g/mol. The van der Waals surface area contributed by atoms with E-state index in [-0.39, 0.29) is 12.2 Å². The van der Waals surface area contributed by atoms with Gasteiger partial charge in [0.2, 0.25) is 5.91 Å². The first-order chi connectivity index (χ1) is 11.6. The third-order valence-electron chi connectivity index (χ3n) is 6.09. The van der Waals surface area contributed by atoms with Gasteiger partial charge in [0, 0.05) is 5.92 Å². The van der Waals surface area contributed by atoms with Crippen LogP contribution in [-0.2, 0) is 11.2 Å². The van der Waals surface area contributed by atoms with Gasteiger partial charge in [-0.3, -0.25) is 4.79 Å². The number of nitrogens with zero attached hydrogens (tertiary/aromatic N) is 3. The topological polar surface area (TPSA) is 73.8 Å². The van der Waals surface area contributed by atoms with Crippen LogP contribution in [0.3, 0.4) is 0 Å². The minimum absolute atomic E-state index is 0.0181. The molecule has 6 heteroatoms. The summed E-state index contributed by atoms with van der Waals surface area (Å²) in [5.41, 5.74) is 5.95. The Morgan fingerprint density at radius 3 is 2.71 bits per heavy atom. The van der Waals surface area contributed by atoms with Gasteiger partial charge in [-0.2, -0.15) is 5.10 Å². The summed E-state index contributed by atoms with van der Waals surface area (Å²) in [6.07, 6.45) is 4.02. The highest BCUT2D eigenvalue weighted by Gasteiger charge is 2.66. The molecule has 1 heterocycles. The maximum atomic E-state index is 13.6. The van der Waals surface area contributed by atoms with E-state index in [1.54, 1.807) is 10.7 Å². The Balaban J connectivity index is 1.56. The molecular formula is C18H19FN4O. The summed E-state index contributed by atoms with van der Waals surface area (Å²) in [5.74, 6) is 3.96. The zero-order valence-corrected chi connectivity index (χ0v) is 13.2. The minimum Gasteiger partial charge on any atom is -0.369 e. The van der Waals surface area contributed by atoms with Crippen LogP contribution < -0.4 is 5.73 Å². The van der Waals surface area contributed by atoms with Crippen LogP contribution in [0.5, 0.6) is 0 Å². The van der Waals surface area contributed by atoms with Crippen molar-refractivity contribution in [2.24, 2.45) is 29.4 Å². The molecule has 0 aliphatic heterocycles. The van der Waals surface area contributed by atoms with Gasteiger partial charge in [-0.25, -0.2) is 14.1 Å². The van der Waals surface area contributed by atoms with Crippen molar-refractivity contribution in [2.45, 2.75) is 31.6 Å². The average Bonchev–Trinajstić information content (AvgIpc) is 2.89. The second-order valence-electron chi connectivity index (χ2n) is 7.43. The second kappa shape index (κ2) is 4.88. The van der Waals surface area contributed by atoms with E-state index in [1.165, 1.54) is 31.4 Å². The number of fused-ring (bicyclic) bond motifs is 5. The molecule has 3 fully saturated rings. The Labute approximate surface area is 139 Å². The first-order valence-electron chi connectivity index (χ1n) is 8.62. The summed E-state index contributed by atoms with van der Waals surface area (Å²) in [6.45, 7) is 0. The predicted molar refractivity (Wildman–Crippen MR) is 84.8 cm³/mol. The lowest BCUT2D eigenvalue weighted by Crippen LogP contribution is -2.14. The number of aromatic nitrogens is 3. The maximum Gasteiger partial charge on any atom is 0.225 e. The van der Waals surface area contributed by atoms with Crippen LogP contribution in [-0.4, -0.2) is 20.7 Å². The number of nitrogens with two attached hydrogens (primary N) is 1. The number of amides is 1. The van der Waals surface area contributed by atoms with Gasteiger partial charge in [0.15, 0.2) is 5.82 Å². The van der Waals surface area contributed by atoms with Crippen LogP contribution >= 0.6 is 0 Å². The number of carbonyl (C=O) groups excluding carboxylic acids is 1. The highest BCUT2D eigenvalue weighted by atomic mass is 19.1. The summed E-state index contributed by atoms with van der Waals surface area (Å²) >= 11 is 0. The third-order valence-corrected chi connectivity index (χ3v) is 6.09. The third kappa shape index (κ3) is 2.01. The number of hydrogen-bond donors (Lipinski definition) is 1. The van der Waals surface area contributed by atoms with Crippen LogP contribution in [0.4, 0.5) is 4.39 Å². The minimum atomic E-state index is -0.450. The van der Waals surface area contributed by atoms with Gasteiger partial charge >= 0.3 is 0 Å². The van der Waals surface area contributed by atoms with Crippen molar-refractivity contribution in [1.29, 1.82) is 0 Å². The summed E-state index contributed by atoms with van der Waals surface area (Å²) in [5, 5.41) is 4.46. The number of halogens is 1. The van der Waals surface area contributed by atoms with Crippen molar-refractivity contribution in [3.8, 4) is 5.69 Å². The molecule has 1 aromatic heterocycles. The molecule has 124 valence electrons. The molecule has 0 spiro atoms. The first-order valence-corrected chi connectivity index (χ1v) is 8.62. The van der Waals surface area contributed by atoms with E-state index in [0.29, 0.717) is 29.3 Å². The number of rotatable bonds is 4. The van der Waals surface area contributed by atoms with Crippen molar-refractivity contribution < 1.29 is 9.18 Å². The lowest BCUT2D eigenvalue weighted by atomic mass is 10.0. The lowest BCUT2D eigenvalue weighted by molar-refractivity contribution is -0.117. The summed E-state index contributed by atoms with van der Waals surface area (Å²) in [4.78, 5) is 15.9. The van der Waals surface area contributed by atoms with Crippen molar-refractivity contribution in [2.75, 3.05) is 0 Å². The van der Waals surface area contributed by atoms with E-state index in [4.69, 9.17) is 5.73 Å². The molecule has 1 amide bonds. The molecule has 24 heavy (non-hydrogen) atoms. The van der Waals surface area contributed by atoms with Crippen molar-refractivity contribution in [1.82, 2.24) is 14.8 Å². The monoisotopic (exact) mass is 326 g/mol. The molecule has 2 aromatic rings. The number of benzene rings is 1. The van der Waals surface area contributed by atoms with E-state index in [2.05, 4.69) is 10.1 Å². The highest BCUT2D eigenvalue weighted by Crippen LogP contribution is 2.72. The SMILES string of the molecule is NC(=O)Cc1nc(C2[C@@H]3[C@H]4CC[C@H](C4)[C@H]23)n(-c2cccc(F)c2)n1. The van der Waals surface area contributed by atoms with E-state index < -0.39 is 5.91 Å². The highest BCUT2D eigenvalue weighted by molar-refractivity contribution is 5.75. The van der Waals surface area contributed by atoms with Crippen LogP contribution in [0.1, 0.15) is 36.8 Å². The molecular weight excluding hydrogens is 307 g/mol. The Kier molecular flexibility index (Phi) is 2.87. The van der Waals surface area contributed by atoms with Gasteiger partial charge in [0.1, 0.15) is 11.6 Å². The fourth-order valence-corrected chi connectivity index (χ4v) is 5.28. The van der Waals surface area contributed by atoms with Gasteiger partial charge in [-0.05, 0) is 61.1 Å². The fourth-order valence-electron chi connectivity index (χ4n) is 5.28. The quantitative estimate of drug-likeness (QED) is 0.936. The first kappa shape index (κ1) is 14.1. The molecule has 1 aromatic carbocycles. The second-order valence-corrected chi connectivity index (χ2v) is 7.43. The molecule has 5 atom stereocenters. The largest absolute Gasteiger partial charge is 0.369 e. The van der Waals surface area contributed by atoms with Gasteiger partial charge in [-0.15, -0.1) is 0 Å². The summed E-state index contributed by atoms with van der Waals surface area (Å²) < 4.78 is 15.4. The molecule has 0 radical (unpaired) electrons. The zero-order chi connectivity index (χ0) is 16.4. The normalized spacial score (nSPS) is 32.8. The van der Waals surface area contributed by atoms with Crippen molar-refractivity contribution >= 4 is 5.91 Å². The smallest absolute Gasteiger partial charge is 0.225 e. The Morgan fingerprint density at radius 1 is 1.29 bits per heavy atom. The van der Waals surface area contributed by atoms with Gasteiger partial charge < -0.3 is 5.73 Å².